The molecule has 7 nitrogen and oxygen atoms in total. The largest absolute Gasteiger partial charge is 0.455 e. The summed E-state index contributed by atoms with van der Waals surface area (Å²) in [4.78, 5) is 15.5. The first-order valence-electron chi connectivity index (χ1n) is 12.7. The first-order chi connectivity index (χ1) is 17.9. The molecule has 0 aromatic heterocycles. The number of fused-ring (bicyclic) bond motifs is 1. The van der Waals surface area contributed by atoms with Gasteiger partial charge < -0.3 is 15.0 Å². The van der Waals surface area contributed by atoms with Crippen LogP contribution in [0.1, 0.15) is 44.4 Å². The predicted octanol–water partition coefficient (Wildman–Crippen LogP) is 6.91. The highest BCUT2D eigenvalue weighted by Crippen LogP contribution is 2.36. The molecule has 202 valence electrons. The average Bonchev–Trinajstić information content (AvgIpc) is 2.86. The van der Waals surface area contributed by atoms with Gasteiger partial charge in [-0.2, -0.15) is 4.31 Å². The zero-order valence-electron chi connectivity index (χ0n) is 22.4. The lowest BCUT2D eigenvalue weighted by Crippen LogP contribution is -2.46. The lowest BCUT2D eigenvalue weighted by Gasteiger charge is -2.40. The first-order valence-corrected chi connectivity index (χ1v) is 14.9. The van der Waals surface area contributed by atoms with E-state index in [9.17, 15) is 13.2 Å². The Labute approximate surface area is 234 Å². The molecule has 0 spiro atoms. The standard InChI is InChI=1S/C29H34BrN3O4S/c1-6-33(7-2)38(35,36)24-13-15-27(37-23-11-9-22(30)10-12-23)26(17-24)31-28(34)32-18-21-16-20(3)8-14-25(21)29(4,5)19-32/h8-17H,6-7,18-19H2,1-5H3,(H,31,34). The van der Waals surface area contributed by atoms with Crippen LogP contribution in [0.25, 0.3) is 0 Å². The Hall–Kier alpha value is -2.88. The van der Waals surface area contributed by atoms with Gasteiger partial charge in [0, 0.05) is 36.1 Å². The summed E-state index contributed by atoms with van der Waals surface area (Å²) >= 11 is 3.42. The fraction of sp³-hybridized carbons (Fsp3) is 0.345. The van der Waals surface area contributed by atoms with Gasteiger partial charge in [0.2, 0.25) is 10.0 Å². The number of hydrogen-bond donors (Lipinski definition) is 1. The van der Waals surface area contributed by atoms with Crippen molar-refractivity contribution in [2.45, 2.75) is 51.5 Å². The van der Waals surface area contributed by atoms with Crippen LogP contribution < -0.4 is 10.1 Å². The first kappa shape index (κ1) is 28.1. The number of rotatable bonds is 7. The Kier molecular flexibility index (Phi) is 8.20. The van der Waals surface area contributed by atoms with E-state index in [1.165, 1.54) is 22.0 Å². The zero-order chi connectivity index (χ0) is 27.7. The maximum absolute atomic E-state index is 13.6. The highest BCUT2D eigenvalue weighted by Gasteiger charge is 2.34. The predicted molar refractivity (Wildman–Crippen MR) is 154 cm³/mol. The number of hydrogen-bond acceptors (Lipinski definition) is 4. The van der Waals surface area contributed by atoms with Crippen molar-refractivity contribution in [3.05, 3.63) is 81.8 Å². The fourth-order valence-electron chi connectivity index (χ4n) is 4.87. The quantitative estimate of drug-likeness (QED) is 0.320. The second kappa shape index (κ2) is 11.1. The van der Waals surface area contributed by atoms with Crippen molar-refractivity contribution in [1.29, 1.82) is 0 Å². The molecule has 1 heterocycles. The van der Waals surface area contributed by atoms with Crippen LogP contribution in [0.3, 0.4) is 0 Å². The summed E-state index contributed by atoms with van der Waals surface area (Å²) < 4.78 is 34.9. The van der Waals surface area contributed by atoms with E-state index in [4.69, 9.17) is 4.74 Å². The molecular formula is C29H34BrN3O4S. The molecule has 1 aliphatic heterocycles. The molecule has 9 heteroatoms. The molecule has 0 saturated carbocycles. The third kappa shape index (κ3) is 5.90. The second-order valence-corrected chi connectivity index (χ2v) is 13.0. The lowest BCUT2D eigenvalue weighted by atomic mass is 9.78. The van der Waals surface area contributed by atoms with Gasteiger partial charge in [-0.3, -0.25) is 0 Å². The number of benzene rings is 3. The SMILES string of the molecule is CCN(CC)S(=O)(=O)c1ccc(Oc2ccc(Br)cc2)c(NC(=O)N2Cc3cc(C)ccc3C(C)(C)C2)c1. The van der Waals surface area contributed by atoms with Crippen LogP contribution in [-0.2, 0) is 22.0 Å². The van der Waals surface area contributed by atoms with Crippen molar-refractivity contribution in [3.8, 4) is 11.5 Å². The fourth-order valence-corrected chi connectivity index (χ4v) is 6.62. The molecule has 3 aromatic carbocycles. The molecular weight excluding hydrogens is 566 g/mol. The van der Waals surface area contributed by atoms with Crippen LogP contribution in [0.5, 0.6) is 11.5 Å². The Morgan fingerprint density at radius 2 is 1.74 bits per heavy atom. The molecule has 1 aliphatic rings. The van der Waals surface area contributed by atoms with Crippen LogP contribution in [0.4, 0.5) is 10.5 Å². The molecule has 2 amide bonds. The van der Waals surface area contributed by atoms with Crippen molar-refractivity contribution in [2.24, 2.45) is 0 Å². The van der Waals surface area contributed by atoms with E-state index >= 15 is 0 Å². The molecule has 0 bridgehead atoms. The number of urea groups is 1. The van der Waals surface area contributed by atoms with Crippen LogP contribution in [0.2, 0.25) is 0 Å². The third-order valence-corrected chi connectivity index (χ3v) is 9.38. The minimum atomic E-state index is -3.74. The van der Waals surface area contributed by atoms with Crippen molar-refractivity contribution in [2.75, 3.05) is 25.0 Å². The van der Waals surface area contributed by atoms with Crippen LogP contribution in [0.15, 0.2) is 70.0 Å². The maximum atomic E-state index is 13.6. The molecule has 0 saturated heterocycles. The number of carbonyl (C=O) groups is 1. The summed E-state index contributed by atoms with van der Waals surface area (Å²) in [6.45, 7) is 11.6. The van der Waals surface area contributed by atoms with Gasteiger partial charge in [-0.15, -0.1) is 0 Å². The number of anilines is 1. The number of sulfonamides is 1. The van der Waals surface area contributed by atoms with E-state index in [1.54, 1.807) is 36.9 Å². The molecule has 38 heavy (non-hydrogen) atoms. The number of carbonyl (C=O) groups excluding carboxylic acids is 1. The number of amides is 2. The van der Waals surface area contributed by atoms with Gasteiger partial charge in [0.05, 0.1) is 10.6 Å². The van der Waals surface area contributed by atoms with Crippen molar-refractivity contribution >= 4 is 37.7 Å². The van der Waals surface area contributed by atoms with Crippen molar-refractivity contribution in [1.82, 2.24) is 9.21 Å². The topological polar surface area (TPSA) is 79.0 Å². The Balaban J connectivity index is 1.69. The summed E-state index contributed by atoms with van der Waals surface area (Å²) in [7, 11) is -3.74. The number of nitrogens with one attached hydrogen (secondary N) is 1. The Morgan fingerprint density at radius 3 is 2.39 bits per heavy atom. The summed E-state index contributed by atoms with van der Waals surface area (Å²) in [5.41, 5.74) is 3.54. The number of aryl methyl sites for hydroxylation is 1. The van der Waals surface area contributed by atoms with Gasteiger partial charge in [0.1, 0.15) is 5.75 Å². The summed E-state index contributed by atoms with van der Waals surface area (Å²) in [6.07, 6.45) is 0. The number of nitrogens with zero attached hydrogens (tertiary/aromatic N) is 2. The van der Waals surface area contributed by atoms with Gasteiger partial charge in [0.25, 0.3) is 0 Å². The molecule has 4 rings (SSSR count). The van der Waals surface area contributed by atoms with Gasteiger partial charge in [-0.05, 0) is 60.5 Å². The third-order valence-electron chi connectivity index (χ3n) is 6.80. The second-order valence-electron chi connectivity index (χ2n) is 10.1. The lowest BCUT2D eigenvalue weighted by molar-refractivity contribution is 0.186. The number of ether oxygens (including phenoxy) is 1. The van der Waals surface area contributed by atoms with E-state index in [0.717, 1.165) is 15.6 Å². The van der Waals surface area contributed by atoms with Crippen LogP contribution in [0, 0.1) is 6.92 Å². The van der Waals surface area contributed by atoms with Crippen LogP contribution in [-0.4, -0.2) is 43.3 Å². The summed E-state index contributed by atoms with van der Waals surface area (Å²) in [6, 6.07) is 17.9. The Bertz CT molecular complexity index is 1430. The molecule has 0 aliphatic carbocycles. The van der Waals surface area contributed by atoms with Crippen molar-refractivity contribution < 1.29 is 17.9 Å². The minimum Gasteiger partial charge on any atom is -0.455 e. The molecule has 0 radical (unpaired) electrons. The highest BCUT2D eigenvalue weighted by molar-refractivity contribution is 9.10. The van der Waals surface area contributed by atoms with E-state index < -0.39 is 10.0 Å². The monoisotopic (exact) mass is 599 g/mol. The molecule has 0 unspecified atom stereocenters. The van der Waals surface area contributed by atoms with Gasteiger partial charge in [0.15, 0.2) is 5.75 Å². The maximum Gasteiger partial charge on any atom is 0.322 e. The normalized spacial score (nSPS) is 14.8. The van der Waals surface area contributed by atoms with Crippen molar-refractivity contribution in [3.63, 3.8) is 0 Å². The molecule has 3 aromatic rings. The molecule has 1 N–H and O–H groups in total. The minimum absolute atomic E-state index is 0.0969. The van der Waals surface area contributed by atoms with E-state index in [1.807, 2.05) is 19.1 Å². The zero-order valence-corrected chi connectivity index (χ0v) is 24.8. The summed E-state index contributed by atoms with van der Waals surface area (Å²) in [5, 5.41) is 2.95. The highest BCUT2D eigenvalue weighted by atomic mass is 79.9. The van der Waals surface area contributed by atoms with Gasteiger partial charge >= 0.3 is 6.03 Å². The molecule has 0 atom stereocenters. The van der Waals surface area contributed by atoms with Gasteiger partial charge in [-0.25, -0.2) is 13.2 Å². The van der Waals surface area contributed by atoms with E-state index in [2.05, 4.69) is 53.3 Å². The van der Waals surface area contributed by atoms with E-state index in [0.29, 0.717) is 43.4 Å². The van der Waals surface area contributed by atoms with Crippen LogP contribution >= 0.6 is 15.9 Å². The van der Waals surface area contributed by atoms with Gasteiger partial charge in [-0.1, -0.05) is 67.4 Å². The Morgan fingerprint density at radius 1 is 1.05 bits per heavy atom. The number of halogens is 1. The van der Waals surface area contributed by atoms with E-state index in [-0.39, 0.29) is 16.3 Å². The molecule has 0 fully saturated rings. The average molecular weight is 601 g/mol. The summed E-state index contributed by atoms with van der Waals surface area (Å²) in [5.74, 6) is 0.915. The smallest absolute Gasteiger partial charge is 0.322 e.